The Labute approximate surface area is 155 Å². The van der Waals surface area contributed by atoms with Crippen molar-refractivity contribution in [2.75, 3.05) is 6.54 Å². The van der Waals surface area contributed by atoms with Crippen molar-refractivity contribution in [3.05, 3.63) is 76.3 Å². The van der Waals surface area contributed by atoms with E-state index in [0.717, 1.165) is 5.56 Å². The zero-order valence-corrected chi connectivity index (χ0v) is 14.8. The van der Waals surface area contributed by atoms with Crippen molar-refractivity contribution in [2.45, 2.75) is 19.4 Å². The fourth-order valence-electron chi connectivity index (χ4n) is 2.61. The molecule has 0 fully saturated rings. The molecule has 2 N–H and O–H groups in total. The van der Waals surface area contributed by atoms with Gasteiger partial charge in [-0.05, 0) is 24.6 Å². The molecule has 2 aromatic carbocycles. The molecule has 0 unspecified atom stereocenters. The van der Waals surface area contributed by atoms with E-state index in [0.29, 0.717) is 10.9 Å². The van der Waals surface area contributed by atoms with Crippen molar-refractivity contribution in [3.8, 4) is 0 Å². The zero-order chi connectivity index (χ0) is 19.2. The Bertz CT molecular complexity index is 1010. The lowest BCUT2D eigenvalue weighted by molar-refractivity contribution is -0.148. The molecule has 0 radical (unpaired) electrons. The Morgan fingerprint density at radius 3 is 2.59 bits per heavy atom. The lowest BCUT2D eigenvalue weighted by Crippen LogP contribution is -2.32. The van der Waals surface area contributed by atoms with Crippen LogP contribution in [-0.4, -0.2) is 28.4 Å². The second-order valence-electron chi connectivity index (χ2n) is 6.04. The van der Waals surface area contributed by atoms with Gasteiger partial charge in [-0.2, -0.15) is 0 Å². The fourth-order valence-corrected chi connectivity index (χ4v) is 2.61. The Morgan fingerprint density at radius 1 is 1.11 bits per heavy atom. The smallest absolute Gasteiger partial charge is 0.326 e. The summed E-state index contributed by atoms with van der Waals surface area (Å²) in [6.07, 6.45) is -0.565. The molecule has 0 saturated carbocycles. The molecule has 0 aliphatic rings. The minimum Gasteiger partial charge on any atom is -0.453 e. The SMILES string of the molecule is C[C@@H](OC(=O)CNC(=O)Cc1ccccc1)c1nc2ccccc2c(=O)[nH]1. The number of benzene rings is 2. The number of carbonyl (C=O) groups is 2. The fraction of sp³-hybridized carbons (Fsp3) is 0.200. The van der Waals surface area contributed by atoms with Crippen molar-refractivity contribution in [2.24, 2.45) is 0 Å². The molecule has 1 heterocycles. The molecule has 7 heteroatoms. The normalized spacial score (nSPS) is 11.7. The number of carbonyl (C=O) groups excluding carboxylic acids is 2. The molecule has 0 saturated heterocycles. The van der Waals surface area contributed by atoms with Gasteiger partial charge in [-0.3, -0.25) is 14.4 Å². The number of para-hydroxylation sites is 1. The third-order valence-corrected chi connectivity index (χ3v) is 3.96. The van der Waals surface area contributed by atoms with E-state index in [4.69, 9.17) is 4.74 Å². The number of aromatic amines is 1. The van der Waals surface area contributed by atoms with Crippen molar-refractivity contribution in [1.29, 1.82) is 0 Å². The monoisotopic (exact) mass is 365 g/mol. The predicted molar refractivity (Wildman–Crippen MR) is 100 cm³/mol. The summed E-state index contributed by atoms with van der Waals surface area (Å²) in [6, 6.07) is 16.1. The van der Waals surface area contributed by atoms with Gasteiger partial charge >= 0.3 is 5.97 Å². The Kier molecular flexibility index (Phi) is 5.61. The van der Waals surface area contributed by atoms with Crippen LogP contribution < -0.4 is 10.9 Å². The molecule has 7 nitrogen and oxygen atoms in total. The van der Waals surface area contributed by atoms with Gasteiger partial charge in [0.15, 0.2) is 11.9 Å². The van der Waals surface area contributed by atoms with Crippen LogP contribution in [0.4, 0.5) is 0 Å². The average Bonchev–Trinajstić information content (AvgIpc) is 2.67. The molecular formula is C20H19N3O4. The van der Waals surface area contributed by atoms with Gasteiger partial charge in [-0.25, -0.2) is 4.98 Å². The van der Waals surface area contributed by atoms with E-state index >= 15 is 0 Å². The quantitative estimate of drug-likeness (QED) is 0.650. The van der Waals surface area contributed by atoms with Gasteiger partial charge in [0.1, 0.15) is 6.54 Å². The Hall–Kier alpha value is -3.48. The van der Waals surface area contributed by atoms with Crippen LogP contribution >= 0.6 is 0 Å². The van der Waals surface area contributed by atoms with Gasteiger partial charge in [-0.1, -0.05) is 42.5 Å². The van der Waals surface area contributed by atoms with Crippen LogP contribution in [0.3, 0.4) is 0 Å². The van der Waals surface area contributed by atoms with Gasteiger partial charge in [-0.15, -0.1) is 0 Å². The Morgan fingerprint density at radius 2 is 1.81 bits per heavy atom. The van der Waals surface area contributed by atoms with Crippen LogP contribution in [0.2, 0.25) is 0 Å². The van der Waals surface area contributed by atoms with Gasteiger partial charge in [0.05, 0.1) is 17.3 Å². The highest BCUT2D eigenvalue weighted by molar-refractivity contribution is 5.83. The molecule has 0 aliphatic heterocycles. The number of hydrogen-bond donors (Lipinski definition) is 2. The topological polar surface area (TPSA) is 101 Å². The molecular weight excluding hydrogens is 346 g/mol. The molecule has 1 amide bonds. The highest BCUT2D eigenvalue weighted by Crippen LogP contribution is 2.14. The summed E-state index contributed by atoms with van der Waals surface area (Å²) in [4.78, 5) is 42.9. The maximum Gasteiger partial charge on any atom is 0.326 e. The van der Waals surface area contributed by atoms with Crippen molar-refractivity contribution in [3.63, 3.8) is 0 Å². The second-order valence-corrected chi connectivity index (χ2v) is 6.04. The van der Waals surface area contributed by atoms with E-state index in [2.05, 4.69) is 15.3 Å². The molecule has 0 spiro atoms. The number of hydrogen-bond acceptors (Lipinski definition) is 5. The summed E-state index contributed by atoms with van der Waals surface area (Å²) in [5.74, 6) is -0.634. The predicted octanol–water partition coefficient (Wildman–Crippen LogP) is 1.89. The molecule has 1 atom stereocenters. The summed E-state index contributed by atoms with van der Waals surface area (Å²) in [7, 11) is 0. The first-order valence-electron chi connectivity index (χ1n) is 8.52. The van der Waals surface area contributed by atoms with Crippen LogP contribution in [0.15, 0.2) is 59.4 Å². The lowest BCUT2D eigenvalue weighted by Gasteiger charge is -2.13. The van der Waals surface area contributed by atoms with E-state index in [-0.39, 0.29) is 30.3 Å². The van der Waals surface area contributed by atoms with Crippen LogP contribution in [0.5, 0.6) is 0 Å². The van der Waals surface area contributed by atoms with Gasteiger partial charge in [0, 0.05) is 0 Å². The van der Waals surface area contributed by atoms with E-state index in [1.807, 2.05) is 30.3 Å². The number of aromatic nitrogens is 2. The van der Waals surface area contributed by atoms with Crippen LogP contribution in [0.1, 0.15) is 24.4 Å². The lowest BCUT2D eigenvalue weighted by atomic mass is 10.1. The minimum atomic E-state index is -0.749. The molecule has 3 rings (SSSR count). The largest absolute Gasteiger partial charge is 0.453 e. The first-order valence-corrected chi connectivity index (χ1v) is 8.52. The summed E-state index contributed by atoms with van der Waals surface area (Å²) in [5, 5.41) is 2.99. The first kappa shape index (κ1) is 18.3. The number of nitrogens with one attached hydrogen (secondary N) is 2. The molecule has 0 bridgehead atoms. The summed E-state index contributed by atoms with van der Waals surface area (Å²) in [5.41, 5.74) is 1.08. The first-order chi connectivity index (χ1) is 13.0. The number of fused-ring (bicyclic) bond motifs is 1. The molecule has 1 aromatic heterocycles. The van der Waals surface area contributed by atoms with Crippen LogP contribution in [-0.2, 0) is 20.7 Å². The maximum absolute atomic E-state index is 12.1. The summed E-state index contributed by atoms with van der Waals surface area (Å²) in [6.45, 7) is 1.35. The average molecular weight is 365 g/mol. The minimum absolute atomic E-state index is 0.184. The number of ether oxygens (including phenoxy) is 1. The number of amides is 1. The summed E-state index contributed by atoms with van der Waals surface area (Å²) < 4.78 is 5.25. The van der Waals surface area contributed by atoms with Crippen LogP contribution in [0, 0.1) is 0 Å². The van der Waals surface area contributed by atoms with Gasteiger partial charge in [0.25, 0.3) is 5.56 Å². The van der Waals surface area contributed by atoms with Gasteiger partial charge < -0.3 is 15.0 Å². The highest BCUT2D eigenvalue weighted by atomic mass is 16.5. The van der Waals surface area contributed by atoms with E-state index < -0.39 is 12.1 Å². The molecule has 27 heavy (non-hydrogen) atoms. The molecule has 3 aromatic rings. The van der Waals surface area contributed by atoms with E-state index in [1.54, 1.807) is 31.2 Å². The molecule has 0 aliphatic carbocycles. The van der Waals surface area contributed by atoms with Crippen molar-refractivity contribution in [1.82, 2.24) is 15.3 Å². The van der Waals surface area contributed by atoms with Gasteiger partial charge in [0.2, 0.25) is 5.91 Å². The number of H-pyrrole nitrogens is 1. The maximum atomic E-state index is 12.1. The highest BCUT2D eigenvalue weighted by Gasteiger charge is 2.16. The third-order valence-electron chi connectivity index (χ3n) is 3.96. The standard InChI is InChI=1S/C20H19N3O4/c1-13(19-22-16-10-6-5-9-15(16)20(26)23-19)27-18(25)12-21-17(24)11-14-7-3-2-4-8-14/h2-10,13H,11-12H2,1H3,(H,21,24)(H,22,23,26)/t13-/m1/s1. The number of esters is 1. The van der Waals surface area contributed by atoms with Crippen molar-refractivity contribution < 1.29 is 14.3 Å². The van der Waals surface area contributed by atoms with Crippen molar-refractivity contribution >= 4 is 22.8 Å². The summed E-state index contributed by atoms with van der Waals surface area (Å²) >= 11 is 0. The Balaban J connectivity index is 1.56. The second kappa shape index (κ2) is 8.27. The van der Waals surface area contributed by atoms with E-state index in [9.17, 15) is 14.4 Å². The number of nitrogens with zero attached hydrogens (tertiary/aromatic N) is 1. The zero-order valence-electron chi connectivity index (χ0n) is 14.8. The number of rotatable bonds is 6. The van der Waals surface area contributed by atoms with E-state index in [1.165, 1.54) is 0 Å². The third kappa shape index (κ3) is 4.78. The molecule has 138 valence electrons. The van der Waals surface area contributed by atoms with Crippen LogP contribution in [0.25, 0.3) is 10.9 Å².